The van der Waals surface area contributed by atoms with Crippen LogP contribution in [0.1, 0.15) is 46.1 Å². The number of nitrogens with one attached hydrogen (secondary N) is 1. The minimum Gasteiger partial charge on any atom is -1.00 e. The number of alkyl halides is 3. The minimum absolute atomic E-state index is 0. The first kappa shape index (κ1) is 37.5. The lowest BCUT2D eigenvalue weighted by atomic mass is 10.1. The van der Waals surface area contributed by atoms with Crippen molar-refractivity contribution in [3.8, 4) is 22.8 Å². The van der Waals surface area contributed by atoms with E-state index in [4.69, 9.17) is 11.0 Å². The van der Waals surface area contributed by atoms with Crippen LogP contribution in [-0.2, 0) is 26.3 Å². The minimum atomic E-state index is -4.66. The number of aromatic nitrogens is 5. The van der Waals surface area contributed by atoms with Crippen molar-refractivity contribution in [1.29, 1.82) is 0 Å². The van der Waals surface area contributed by atoms with Gasteiger partial charge in [0.25, 0.3) is 11.5 Å². The van der Waals surface area contributed by atoms with E-state index in [2.05, 4.69) is 46.5 Å². The molecule has 3 aromatic heterocycles. The lowest BCUT2D eigenvalue weighted by Crippen LogP contribution is -3.00. The van der Waals surface area contributed by atoms with Gasteiger partial charge in [0.15, 0.2) is 11.4 Å². The standard InChI is InChI=1S/C37H33F3N8O3.BrH/c1-24(35-42-21-30(51-35)23-48(4,5)22-25-10-7-6-8-11-25)44-34(49)32-33(31-18-19-43-46(31)28-16-14-27(41-2)15-17-28)45(3)47(36(32)50)29-13-9-12-26(20-29)37(38,39)40;/h6-21,24H,22-23H2,1,3-5H3;1H/t24-;/m0./s1. The molecule has 0 spiro atoms. The van der Waals surface area contributed by atoms with E-state index in [0.717, 1.165) is 23.4 Å². The molecule has 0 aliphatic heterocycles. The molecular weight excluding hydrogens is 741 g/mol. The first-order valence-electron chi connectivity index (χ1n) is 15.9. The van der Waals surface area contributed by atoms with Gasteiger partial charge in [-0.25, -0.2) is 19.2 Å². The highest BCUT2D eigenvalue weighted by atomic mass is 79.9. The lowest BCUT2D eigenvalue weighted by molar-refractivity contribution is -0.917. The molecule has 0 fully saturated rings. The number of carbonyl (C=O) groups excluding carboxylic acids is 1. The van der Waals surface area contributed by atoms with Crippen molar-refractivity contribution in [2.75, 3.05) is 14.1 Å². The van der Waals surface area contributed by atoms with Crippen LogP contribution in [0, 0.1) is 6.57 Å². The number of quaternary nitrogens is 1. The zero-order valence-electron chi connectivity index (χ0n) is 28.6. The molecule has 11 nitrogen and oxygen atoms in total. The van der Waals surface area contributed by atoms with Crippen LogP contribution < -0.4 is 27.9 Å². The summed E-state index contributed by atoms with van der Waals surface area (Å²) in [6.45, 7) is 10.2. The van der Waals surface area contributed by atoms with Gasteiger partial charge in [-0.15, -0.1) is 0 Å². The SMILES string of the molecule is [Br-].[C-]#[N+]c1ccc(-n2nccc2-c2c(C(=O)N[C@@H](C)c3ncc(C[N+](C)(C)Cc4ccccc4)o3)c(=O)n(-c3cccc(C(F)(F)F)c3)n2C)cc1. The van der Waals surface area contributed by atoms with Gasteiger partial charge in [0.1, 0.15) is 30.4 Å². The van der Waals surface area contributed by atoms with Crippen LogP contribution >= 0.6 is 0 Å². The van der Waals surface area contributed by atoms with Crippen LogP contribution in [0.15, 0.2) is 107 Å². The summed E-state index contributed by atoms with van der Waals surface area (Å²) < 4.78 is 51.6. The summed E-state index contributed by atoms with van der Waals surface area (Å²) in [5.41, 5.74) is 0.289. The van der Waals surface area contributed by atoms with Crippen molar-refractivity contribution in [3.63, 3.8) is 0 Å². The Bertz CT molecular complexity index is 2300. The maximum atomic E-state index is 14.2. The average molecular weight is 776 g/mol. The number of halogens is 4. The molecule has 0 saturated carbocycles. The normalized spacial score (nSPS) is 12.2. The van der Waals surface area contributed by atoms with E-state index >= 15 is 0 Å². The number of oxazole rings is 1. The third-order valence-electron chi connectivity index (χ3n) is 8.35. The number of benzene rings is 3. The van der Waals surface area contributed by atoms with Crippen molar-refractivity contribution in [2.24, 2.45) is 7.05 Å². The summed E-state index contributed by atoms with van der Waals surface area (Å²) in [6, 6.07) is 21.7. The number of hydrogen-bond acceptors (Lipinski definition) is 5. The zero-order chi connectivity index (χ0) is 36.5. The van der Waals surface area contributed by atoms with E-state index in [1.807, 2.05) is 18.2 Å². The van der Waals surface area contributed by atoms with E-state index in [0.29, 0.717) is 33.9 Å². The Balaban J connectivity index is 0.00000523. The number of nitrogens with zero attached hydrogens (tertiary/aromatic N) is 7. The fraction of sp³-hybridized carbons (Fsp3) is 0.216. The van der Waals surface area contributed by atoms with Crippen molar-refractivity contribution in [3.05, 3.63) is 147 Å². The second-order valence-corrected chi connectivity index (χ2v) is 12.8. The van der Waals surface area contributed by atoms with Crippen LogP contribution in [0.4, 0.5) is 18.9 Å². The number of hydrogen-bond donors (Lipinski definition) is 1. The van der Waals surface area contributed by atoms with Crippen LogP contribution in [0.25, 0.3) is 27.6 Å². The van der Waals surface area contributed by atoms with Gasteiger partial charge in [-0.3, -0.25) is 14.3 Å². The molecule has 0 aliphatic rings. The van der Waals surface area contributed by atoms with E-state index in [-0.39, 0.29) is 39.8 Å². The van der Waals surface area contributed by atoms with Gasteiger partial charge in [0.2, 0.25) is 5.89 Å². The monoisotopic (exact) mass is 774 g/mol. The molecule has 0 saturated heterocycles. The van der Waals surface area contributed by atoms with Crippen molar-refractivity contribution >= 4 is 11.6 Å². The molecule has 1 amide bonds. The van der Waals surface area contributed by atoms with Gasteiger partial charge in [0.05, 0.1) is 55.7 Å². The van der Waals surface area contributed by atoms with Crippen molar-refractivity contribution < 1.29 is 43.8 Å². The Hall–Kier alpha value is -5.72. The molecule has 1 N–H and O–H groups in total. The van der Waals surface area contributed by atoms with Crippen molar-refractivity contribution in [2.45, 2.75) is 32.2 Å². The van der Waals surface area contributed by atoms with Crippen LogP contribution in [0.5, 0.6) is 0 Å². The topological polar surface area (TPSA) is 104 Å². The largest absolute Gasteiger partial charge is 1.00 e. The Morgan fingerprint density at radius 3 is 2.38 bits per heavy atom. The molecular formula is C37H34BrF3N8O3. The van der Waals surface area contributed by atoms with Gasteiger partial charge in [-0.05, 0) is 43.3 Å². The maximum Gasteiger partial charge on any atom is 0.416 e. The Kier molecular flexibility index (Phi) is 10.7. The molecule has 3 heterocycles. The lowest BCUT2D eigenvalue weighted by Gasteiger charge is -2.28. The van der Waals surface area contributed by atoms with Crippen LogP contribution in [-0.4, -0.2) is 48.6 Å². The fourth-order valence-electron chi connectivity index (χ4n) is 6.05. The van der Waals surface area contributed by atoms with E-state index < -0.39 is 29.2 Å². The van der Waals surface area contributed by atoms with Gasteiger partial charge in [0, 0.05) is 12.6 Å². The van der Waals surface area contributed by atoms with E-state index in [1.54, 1.807) is 43.5 Å². The molecule has 6 rings (SSSR count). The Morgan fingerprint density at radius 1 is 1.00 bits per heavy atom. The number of amides is 1. The number of carbonyl (C=O) groups is 1. The highest BCUT2D eigenvalue weighted by Crippen LogP contribution is 2.32. The first-order chi connectivity index (χ1) is 24.3. The predicted molar refractivity (Wildman–Crippen MR) is 183 cm³/mol. The molecule has 3 aromatic carbocycles. The highest BCUT2D eigenvalue weighted by molar-refractivity contribution is 6.00. The quantitative estimate of drug-likeness (QED) is 0.168. The van der Waals surface area contributed by atoms with Crippen molar-refractivity contribution in [1.82, 2.24) is 29.4 Å². The first-order valence-corrected chi connectivity index (χ1v) is 15.9. The molecule has 6 aromatic rings. The molecule has 52 heavy (non-hydrogen) atoms. The predicted octanol–water partition coefficient (Wildman–Crippen LogP) is 3.86. The third-order valence-corrected chi connectivity index (χ3v) is 8.35. The van der Waals surface area contributed by atoms with Gasteiger partial charge < -0.3 is 31.2 Å². The molecule has 0 radical (unpaired) electrons. The molecule has 268 valence electrons. The molecule has 0 unspecified atom stereocenters. The smallest absolute Gasteiger partial charge is 0.416 e. The van der Waals surface area contributed by atoms with Crippen LogP contribution in [0.3, 0.4) is 0 Å². The summed E-state index contributed by atoms with van der Waals surface area (Å²) >= 11 is 0. The summed E-state index contributed by atoms with van der Waals surface area (Å²) in [7, 11) is 5.61. The van der Waals surface area contributed by atoms with E-state index in [1.165, 1.54) is 40.3 Å². The summed E-state index contributed by atoms with van der Waals surface area (Å²) in [6.07, 6.45) is -1.58. The Labute approximate surface area is 307 Å². The molecule has 0 bridgehead atoms. The van der Waals surface area contributed by atoms with Gasteiger partial charge >= 0.3 is 6.18 Å². The second kappa shape index (κ2) is 14.9. The third kappa shape index (κ3) is 7.78. The summed E-state index contributed by atoms with van der Waals surface area (Å²) in [5.74, 6) is 0.0334. The summed E-state index contributed by atoms with van der Waals surface area (Å²) in [4.78, 5) is 36.1. The molecule has 0 aliphatic carbocycles. The highest BCUT2D eigenvalue weighted by Gasteiger charge is 2.33. The average Bonchev–Trinajstić information content (AvgIpc) is 3.82. The van der Waals surface area contributed by atoms with Crippen LogP contribution in [0.2, 0.25) is 0 Å². The zero-order valence-corrected chi connectivity index (χ0v) is 30.2. The maximum absolute atomic E-state index is 14.2. The second-order valence-electron chi connectivity index (χ2n) is 12.8. The Morgan fingerprint density at radius 2 is 1.71 bits per heavy atom. The summed E-state index contributed by atoms with van der Waals surface area (Å²) in [5, 5.41) is 7.20. The molecule has 15 heteroatoms. The molecule has 1 atom stereocenters. The van der Waals surface area contributed by atoms with Gasteiger partial charge in [-0.1, -0.05) is 48.5 Å². The number of rotatable bonds is 10. The fourth-order valence-corrected chi connectivity index (χ4v) is 6.05. The van der Waals surface area contributed by atoms with Gasteiger partial charge in [-0.2, -0.15) is 18.3 Å². The van der Waals surface area contributed by atoms with E-state index in [9.17, 15) is 22.8 Å².